The van der Waals surface area contributed by atoms with Crippen LogP contribution in [0, 0.1) is 0 Å². The van der Waals surface area contributed by atoms with E-state index in [9.17, 15) is 9.90 Å². The lowest BCUT2D eigenvalue weighted by molar-refractivity contribution is 0.0738. The van der Waals surface area contributed by atoms with Gasteiger partial charge in [-0.25, -0.2) is 9.97 Å². The summed E-state index contributed by atoms with van der Waals surface area (Å²) in [6.45, 7) is 0.411. The zero-order valence-electron chi connectivity index (χ0n) is 18.9. The van der Waals surface area contributed by atoms with E-state index in [-0.39, 0.29) is 11.6 Å². The molecule has 0 unspecified atom stereocenters. The van der Waals surface area contributed by atoms with Gasteiger partial charge in [-0.1, -0.05) is 55.3 Å². The summed E-state index contributed by atoms with van der Waals surface area (Å²) in [4.78, 5) is 21.0. The van der Waals surface area contributed by atoms with Gasteiger partial charge in [0.2, 0.25) is 0 Å². The van der Waals surface area contributed by atoms with Crippen LogP contribution in [0.1, 0.15) is 37.3 Å². The lowest BCUT2D eigenvalue weighted by Gasteiger charge is -2.29. The summed E-state index contributed by atoms with van der Waals surface area (Å²) in [7, 11) is 0. The minimum atomic E-state index is -0.464. The summed E-state index contributed by atoms with van der Waals surface area (Å²) < 4.78 is 7.83. The fraction of sp³-hybridized carbons (Fsp3) is 0.250. The Bertz CT molecular complexity index is 1300. The molecule has 1 saturated carbocycles. The average Bonchev–Trinajstić information content (AvgIpc) is 2.89. The Morgan fingerprint density at radius 3 is 2.44 bits per heavy atom. The van der Waals surface area contributed by atoms with Crippen molar-refractivity contribution in [2.24, 2.45) is 0 Å². The zero-order chi connectivity index (χ0) is 23.3. The first kappa shape index (κ1) is 22.0. The van der Waals surface area contributed by atoms with Gasteiger partial charge in [0.05, 0.1) is 12.1 Å². The van der Waals surface area contributed by atoms with E-state index in [0.717, 1.165) is 59.3 Å². The molecule has 0 saturated heterocycles. The lowest BCUT2D eigenvalue weighted by atomic mass is 9.92. The number of nitrogens with zero attached hydrogens (tertiary/aromatic N) is 3. The van der Waals surface area contributed by atoms with E-state index in [4.69, 9.17) is 4.74 Å². The van der Waals surface area contributed by atoms with Crippen molar-refractivity contribution in [1.82, 2.24) is 14.5 Å². The van der Waals surface area contributed by atoms with Gasteiger partial charge in [0, 0.05) is 35.8 Å². The van der Waals surface area contributed by atoms with Crippen LogP contribution in [0.2, 0.25) is 0 Å². The van der Waals surface area contributed by atoms with Crippen molar-refractivity contribution >= 4 is 0 Å². The van der Waals surface area contributed by atoms with Crippen molar-refractivity contribution in [2.45, 2.75) is 44.4 Å². The number of ether oxygens (including phenoxy) is 1. The van der Waals surface area contributed by atoms with Crippen LogP contribution >= 0.6 is 0 Å². The molecule has 1 fully saturated rings. The van der Waals surface area contributed by atoms with Crippen LogP contribution in [-0.2, 0) is 6.61 Å². The molecule has 0 bridgehead atoms. The quantitative estimate of drug-likeness (QED) is 0.443. The molecular weight excluding hydrogens is 426 g/mol. The first-order valence-electron chi connectivity index (χ1n) is 11.7. The molecule has 6 heteroatoms. The number of rotatable bonds is 6. The Hall–Kier alpha value is -3.77. The van der Waals surface area contributed by atoms with Crippen LogP contribution in [0.25, 0.3) is 22.3 Å². The van der Waals surface area contributed by atoms with Crippen molar-refractivity contribution in [3.8, 4) is 28.0 Å². The minimum absolute atomic E-state index is 0.0984. The molecule has 5 rings (SSSR count). The number of pyridine rings is 1. The van der Waals surface area contributed by atoms with Gasteiger partial charge < -0.3 is 14.4 Å². The van der Waals surface area contributed by atoms with Crippen LogP contribution in [0.3, 0.4) is 0 Å². The molecule has 172 valence electrons. The molecular formula is C28H27N3O3. The Morgan fingerprint density at radius 2 is 1.68 bits per heavy atom. The second-order valence-corrected chi connectivity index (χ2v) is 8.69. The molecule has 2 aromatic heterocycles. The number of para-hydroxylation sites is 1. The van der Waals surface area contributed by atoms with Gasteiger partial charge in [0.15, 0.2) is 0 Å². The van der Waals surface area contributed by atoms with E-state index >= 15 is 0 Å². The SMILES string of the molecule is O=c1cc(-c2ccccc2OCc2ccc(-c3cncnc3)cc2)ccn1[C@H]1CCCC[C@@H]1O. The smallest absolute Gasteiger partial charge is 0.251 e. The minimum Gasteiger partial charge on any atom is -0.488 e. The number of aliphatic hydroxyl groups is 1. The molecule has 0 amide bonds. The molecule has 1 aliphatic rings. The predicted octanol–water partition coefficient (Wildman–Crippen LogP) is 5.03. The first-order chi connectivity index (χ1) is 16.7. The molecule has 6 nitrogen and oxygen atoms in total. The number of aliphatic hydroxyl groups excluding tert-OH is 1. The molecule has 2 aromatic carbocycles. The van der Waals surface area contributed by atoms with Crippen LogP contribution in [0.5, 0.6) is 5.75 Å². The van der Waals surface area contributed by atoms with Crippen LogP contribution in [0.4, 0.5) is 0 Å². The third kappa shape index (κ3) is 4.77. The number of hydrogen-bond acceptors (Lipinski definition) is 5. The van der Waals surface area contributed by atoms with Gasteiger partial charge >= 0.3 is 0 Å². The standard InChI is InChI=1S/C28H27N3O3/c32-26-7-3-2-6-25(26)31-14-13-22(15-28(31)33)24-5-1-4-8-27(24)34-18-20-9-11-21(12-10-20)23-16-29-19-30-17-23/h1,4-5,8-17,19,25-26,32H,2-3,6-7,18H2/t25-,26-/m0/s1. The van der Waals surface area contributed by atoms with E-state index in [1.165, 1.54) is 6.33 Å². The Labute approximate surface area is 198 Å². The normalized spacial score (nSPS) is 17.9. The molecule has 0 radical (unpaired) electrons. The zero-order valence-corrected chi connectivity index (χ0v) is 18.9. The molecule has 1 aliphatic carbocycles. The maximum Gasteiger partial charge on any atom is 0.251 e. The fourth-order valence-electron chi connectivity index (χ4n) is 4.58. The highest BCUT2D eigenvalue weighted by Crippen LogP contribution is 2.31. The highest BCUT2D eigenvalue weighted by Gasteiger charge is 2.25. The summed E-state index contributed by atoms with van der Waals surface area (Å²) in [6, 6.07) is 19.3. The van der Waals surface area contributed by atoms with E-state index < -0.39 is 6.10 Å². The van der Waals surface area contributed by atoms with Crippen molar-refractivity contribution < 1.29 is 9.84 Å². The Kier molecular flexibility index (Phi) is 6.49. The topological polar surface area (TPSA) is 77.2 Å². The van der Waals surface area contributed by atoms with Crippen molar-refractivity contribution in [3.05, 3.63) is 101 Å². The van der Waals surface area contributed by atoms with Crippen LogP contribution in [-0.4, -0.2) is 25.7 Å². The second-order valence-electron chi connectivity index (χ2n) is 8.69. The van der Waals surface area contributed by atoms with Gasteiger partial charge in [-0.05, 0) is 41.7 Å². The monoisotopic (exact) mass is 453 g/mol. The molecule has 34 heavy (non-hydrogen) atoms. The van der Waals surface area contributed by atoms with Crippen molar-refractivity contribution in [2.75, 3.05) is 0 Å². The van der Waals surface area contributed by atoms with Gasteiger partial charge in [0.25, 0.3) is 5.56 Å². The van der Waals surface area contributed by atoms with Gasteiger partial charge in [-0.15, -0.1) is 0 Å². The van der Waals surface area contributed by atoms with Gasteiger partial charge in [-0.2, -0.15) is 0 Å². The second kappa shape index (κ2) is 10.0. The highest BCUT2D eigenvalue weighted by atomic mass is 16.5. The maximum atomic E-state index is 12.9. The molecule has 2 atom stereocenters. The number of aromatic nitrogens is 3. The summed E-state index contributed by atoms with van der Waals surface area (Å²) >= 11 is 0. The lowest BCUT2D eigenvalue weighted by Crippen LogP contribution is -2.34. The number of benzene rings is 2. The van der Waals surface area contributed by atoms with Gasteiger partial charge in [-0.3, -0.25) is 4.79 Å². The third-order valence-corrected chi connectivity index (χ3v) is 6.44. The molecule has 0 aliphatic heterocycles. The largest absolute Gasteiger partial charge is 0.488 e. The number of hydrogen-bond donors (Lipinski definition) is 1. The van der Waals surface area contributed by atoms with Crippen molar-refractivity contribution in [3.63, 3.8) is 0 Å². The molecule has 0 spiro atoms. The first-order valence-corrected chi connectivity index (χ1v) is 11.7. The Morgan fingerprint density at radius 1 is 0.912 bits per heavy atom. The summed E-state index contributed by atoms with van der Waals surface area (Å²) in [6.07, 6.45) is 10.1. The highest BCUT2D eigenvalue weighted by molar-refractivity contribution is 5.70. The summed E-state index contributed by atoms with van der Waals surface area (Å²) in [5.74, 6) is 0.720. The molecule has 4 aromatic rings. The fourth-order valence-corrected chi connectivity index (χ4v) is 4.58. The molecule has 2 heterocycles. The van der Waals surface area contributed by atoms with E-state index in [2.05, 4.69) is 9.97 Å². The maximum absolute atomic E-state index is 12.9. The van der Waals surface area contributed by atoms with E-state index in [1.54, 1.807) is 29.2 Å². The average molecular weight is 454 g/mol. The van der Waals surface area contributed by atoms with Gasteiger partial charge in [0.1, 0.15) is 18.7 Å². The summed E-state index contributed by atoms with van der Waals surface area (Å²) in [5.41, 5.74) is 4.63. The van der Waals surface area contributed by atoms with Crippen LogP contribution < -0.4 is 10.3 Å². The summed E-state index contributed by atoms with van der Waals surface area (Å²) in [5, 5.41) is 10.4. The van der Waals surface area contributed by atoms with Crippen LogP contribution in [0.15, 0.2) is 90.4 Å². The van der Waals surface area contributed by atoms with E-state index in [1.807, 2.05) is 54.6 Å². The molecule has 1 N–H and O–H groups in total. The Balaban J connectivity index is 1.33. The third-order valence-electron chi connectivity index (χ3n) is 6.44. The predicted molar refractivity (Wildman–Crippen MR) is 131 cm³/mol. The van der Waals surface area contributed by atoms with Crippen molar-refractivity contribution in [1.29, 1.82) is 0 Å². The van der Waals surface area contributed by atoms with E-state index in [0.29, 0.717) is 6.61 Å².